The third-order valence-corrected chi connectivity index (χ3v) is 4.52. The summed E-state index contributed by atoms with van der Waals surface area (Å²) in [4.78, 5) is 24.6. The Morgan fingerprint density at radius 1 is 1.24 bits per heavy atom. The number of aliphatic hydroxyl groups excluding tert-OH is 1. The quantitative estimate of drug-likeness (QED) is 0.610. The van der Waals surface area contributed by atoms with Crippen molar-refractivity contribution in [2.24, 2.45) is 15.9 Å². The fourth-order valence-electron chi connectivity index (χ4n) is 3.38. The van der Waals surface area contributed by atoms with Gasteiger partial charge in [-0.3, -0.25) is 9.98 Å². The van der Waals surface area contributed by atoms with E-state index in [4.69, 9.17) is 4.74 Å². The lowest BCUT2D eigenvalue weighted by Gasteiger charge is -2.37. The van der Waals surface area contributed by atoms with Gasteiger partial charge in [0.1, 0.15) is 11.4 Å². The number of aliphatic hydroxyl groups is 1. The summed E-state index contributed by atoms with van der Waals surface area (Å²) in [6, 6.07) is 0. The van der Waals surface area contributed by atoms with Crippen LogP contribution < -0.4 is 0 Å². The number of hydrogen-bond acceptors (Lipinski definition) is 5. The SMILES string of the molecule is C=NC1=C(C(=NC)N2CCN(C(=O)OC(C)(C)C)CC2)[C@H](C)C[C@H]1O. The molecule has 0 aromatic carbocycles. The molecule has 0 spiro atoms. The van der Waals surface area contributed by atoms with E-state index in [0.717, 1.165) is 11.4 Å². The van der Waals surface area contributed by atoms with Gasteiger partial charge in [0.25, 0.3) is 0 Å². The van der Waals surface area contributed by atoms with Crippen LogP contribution in [-0.2, 0) is 4.74 Å². The minimum Gasteiger partial charge on any atom is -0.444 e. The molecule has 7 heteroatoms. The monoisotopic (exact) mass is 350 g/mol. The molecule has 1 heterocycles. The fraction of sp³-hybridized carbons (Fsp3) is 0.722. The Morgan fingerprint density at radius 3 is 2.28 bits per heavy atom. The molecule has 1 aliphatic heterocycles. The van der Waals surface area contributed by atoms with Crippen molar-refractivity contribution in [3.8, 4) is 0 Å². The molecular formula is C18H30N4O3. The van der Waals surface area contributed by atoms with Gasteiger partial charge in [-0.2, -0.15) is 0 Å². The van der Waals surface area contributed by atoms with Gasteiger partial charge in [-0.05, 0) is 39.8 Å². The zero-order valence-corrected chi connectivity index (χ0v) is 15.9. The molecule has 0 saturated carbocycles. The lowest BCUT2D eigenvalue weighted by Crippen LogP contribution is -2.52. The van der Waals surface area contributed by atoms with Gasteiger partial charge in [0.05, 0.1) is 11.8 Å². The van der Waals surface area contributed by atoms with Crippen molar-refractivity contribution in [3.05, 3.63) is 11.3 Å². The van der Waals surface area contributed by atoms with E-state index in [-0.39, 0.29) is 12.0 Å². The van der Waals surface area contributed by atoms with Crippen molar-refractivity contribution in [3.63, 3.8) is 0 Å². The van der Waals surface area contributed by atoms with Crippen LogP contribution in [0.1, 0.15) is 34.1 Å². The lowest BCUT2D eigenvalue weighted by molar-refractivity contribution is 0.0187. The summed E-state index contributed by atoms with van der Waals surface area (Å²) in [5.74, 6) is 1.02. The van der Waals surface area contributed by atoms with Crippen LogP contribution in [0.4, 0.5) is 4.79 Å². The van der Waals surface area contributed by atoms with E-state index in [1.54, 1.807) is 11.9 Å². The largest absolute Gasteiger partial charge is 0.444 e. The van der Waals surface area contributed by atoms with Crippen LogP contribution in [0.3, 0.4) is 0 Å². The second-order valence-electron chi connectivity index (χ2n) is 7.61. The van der Waals surface area contributed by atoms with E-state index in [1.807, 2.05) is 20.8 Å². The number of aliphatic imine (C=N–C) groups is 2. The third-order valence-electron chi connectivity index (χ3n) is 4.52. The van der Waals surface area contributed by atoms with E-state index in [0.29, 0.717) is 38.3 Å². The second-order valence-corrected chi connectivity index (χ2v) is 7.61. The van der Waals surface area contributed by atoms with Crippen LogP contribution >= 0.6 is 0 Å². The first kappa shape index (κ1) is 19.4. The van der Waals surface area contributed by atoms with Crippen LogP contribution in [0.2, 0.25) is 0 Å². The molecule has 1 N–H and O–H groups in total. The Hall–Kier alpha value is -1.89. The normalized spacial score (nSPS) is 25.4. The molecule has 0 radical (unpaired) electrons. The lowest BCUT2D eigenvalue weighted by atomic mass is 10.0. The predicted molar refractivity (Wildman–Crippen MR) is 99.1 cm³/mol. The van der Waals surface area contributed by atoms with E-state index >= 15 is 0 Å². The van der Waals surface area contributed by atoms with Crippen molar-refractivity contribution in [1.82, 2.24) is 9.80 Å². The first-order valence-electron chi connectivity index (χ1n) is 8.76. The van der Waals surface area contributed by atoms with Crippen molar-refractivity contribution in [2.75, 3.05) is 33.2 Å². The molecule has 0 unspecified atom stereocenters. The number of amides is 1. The molecule has 1 saturated heterocycles. The number of amidine groups is 1. The van der Waals surface area contributed by atoms with Gasteiger partial charge in [-0.1, -0.05) is 6.92 Å². The van der Waals surface area contributed by atoms with E-state index in [9.17, 15) is 9.90 Å². The van der Waals surface area contributed by atoms with Crippen LogP contribution in [0, 0.1) is 5.92 Å². The molecule has 0 aromatic rings. The number of rotatable bonds is 2. The van der Waals surface area contributed by atoms with Gasteiger partial charge < -0.3 is 19.6 Å². The molecule has 140 valence electrons. The third kappa shape index (κ3) is 4.39. The summed E-state index contributed by atoms with van der Waals surface area (Å²) >= 11 is 0. The van der Waals surface area contributed by atoms with Gasteiger partial charge in [0.2, 0.25) is 0 Å². The van der Waals surface area contributed by atoms with Gasteiger partial charge in [-0.25, -0.2) is 4.79 Å². The Kier molecular flexibility index (Phi) is 5.87. The highest BCUT2D eigenvalue weighted by Gasteiger charge is 2.35. The molecule has 2 aliphatic rings. The van der Waals surface area contributed by atoms with E-state index < -0.39 is 11.7 Å². The molecule has 1 amide bonds. The fourth-order valence-corrected chi connectivity index (χ4v) is 3.38. The summed E-state index contributed by atoms with van der Waals surface area (Å²) in [5, 5.41) is 10.2. The number of carbonyl (C=O) groups excluding carboxylic acids is 1. The highest BCUT2D eigenvalue weighted by molar-refractivity contribution is 6.00. The van der Waals surface area contributed by atoms with Crippen molar-refractivity contribution in [2.45, 2.75) is 45.8 Å². The van der Waals surface area contributed by atoms with Crippen LogP contribution in [0.25, 0.3) is 0 Å². The van der Waals surface area contributed by atoms with Crippen molar-refractivity contribution < 1.29 is 14.6 Å². The van der Waals surface area contributed by atoms with Crippen LogP contribution in [0.15, 0.2) is 21.3 Å². The molecule has 25 heavy (non-hydrogen) atoms. The standard InChI is InChI=1S/C18H30N4O3/c1-12-11-13(23)15(19-5)14(12)16(20-6)21-7-9-22(10-8-21)17(24)25-18(2,3)4/h12-13,23H,5,7-11H2,1-4,6H3/t12-,13-/m1/s1. The Morgan fingerprint density at radius 2 is 1.80 bits per heavy atom. The second kappa shape index (κ2) is 7.56. The zero-order valence-electron chi connectivity index (χ0n) is 15.9. The molecule has 1 aliphatic carbocycles. The van der Waals surface area contributed by atoms with Gasteiger partial charge >= 0.3 is 6.09 Å². The number of ether oxygens (including phenoxy) is 1. The number of nitrogens with zero attached hydrogens (tertiary/aromatic N) is 4. The van der Waals surface area contributed by atoms with E-state index in [1.165, 1.54) is 0 Å². The van der Waals surface area contributed by atoms with E-state index in [2.05, 4.69) is 28.5 Å². The zero-order chi connectivity index (χ0) is 18.8. The Bertz CT molecular complexity index is 584. The molecule has 7 nitrogen and oxygen atoms in total. The first-order chi connectivity index (χ1) is 11.7. The maximum Gasteiger partial charge on any atom is 0.410 e. The average molecular weight is 350 g/mol. The Labute approximate surface area is 150 Å². The first-order valence-corrected chi connectivity index (χ1v) is 8.76. The minimum absolute atomic E-state index is 0.179. The summed E-state index contributed by atoms with van der Waals surface area (Å²) in [6.07, 6.45) is -0.220. The van der Waals surface area contributed by atoms with Crippen molar-refractivity contribution >= 4 is 18.6 Å². The summed E-state index contributed by atoms with van der Waals surface area (Å²) in [7, 11) is 1.75. The maximum atomic E-state index is 12.2. The van der Waals surface area contributed by atoms with Crippen LogP contribution in [0.5, 0.6) is 0 Å². The molecule has 2 rings (SSSR count). The molecule has 0 aromatic heterocycles. The van der Waals surface area contributed by atoms with Crippen molar-refractivity contribution in [1.29, 1.82) is 0 Å². The average Bonchev–Trinajstić information content (AvgIpc) is 2.81. The van der Waals surface area contributed by atoms with Gasteiger partial charge in [-0.15, -0.1) is 0 Å². The summed E-state index contributed by atoms with van der Waals surface area (Å²) in [5.41, 5.74) is 1.10. The number of piperazine rings is 1. The van der Waals surface area contributed by atoms with Gasteiger partial charge in [0, 0.05) is 38.8 Å². The minimum atomic E-state index is -0.581. The summed E-state index contributed by atoms with van der Waals surface area (Å²) in [6.45, 7) is 13.8. The molecule has 2 atom stereocenters. The molecule has 1 fully saturated rings. The predicted octanol–water partition coefficient (Wildman–Crippen LogP) is 1.92. The highest BCUT2D eigenvalue weighted by atomic mass is 16.6. The maximum absolute atomic E-state index is 12.2. The smallest absolute Gasteiger partial charge is 0.410 e. The Balaban J connectivity index is 2.07. The topological polar surface area (TPSA) is 77.7 Å². The molecule has 0 bridgehead atoms. The van der Waals surface area contributed by atoms with Crippen LogP contribution in [-0.4, -0.2) is 78.5 Å². The van der Waals surface area contributed by atoms with Gasteiger partial charge in [0.15, 0.2) is 0 Å². The molecular weight excluding hydrogens is 320 g/mol. The number of carbonyl (C=O) groups is 1. The summed E-state index contributed by atoms with van der Waals surface area (Å²) < 4.78 is 5.44. The number of hydrogen-bond donors (Lipinski definition) is 1. The highest BCUT2D eigenvalue weighted by Crippen LogP contribution is 2.34.